The minimum atomic E-state index is -1.23. The molecule has 1 aromatic carbocycles. The van der Waals surface area contributed by atoms with Gasteiger partial charge >= 0.3 is 11.9 Å². The molecule has 0 amide bonds. The summed E-state index contributed by atoms with van der Waals surface area (Å²) in [5.74, 6) is -2.46. The fourth-order valence-corrected chi connectivity index (χ4v) is 0.856. The molecule has 0 aliphatic carbocycles. The highest BCUT2D eigenvalue weighted by molar-refractivity contribution is 6.01. The van der Waals surface area contributed by atoms with Crippen molar-refractivity contribution in [2.75, 3.05) is 13.2 Å². The summed E-state index contributed by atoms with van der Waals surface area (Å²) in [6.45, 7) is 5.75. The average Bonchev–Trinajstić information content (AvgIpc) is 2.41. The second kappa shape index (κ2) is 11.3. The van der Waals surface area contributed by atoms with Crippen LogP contribution in [0.25, 0.3) is 0 Å². The largest absolute Gasteiger partial charge is 0.478 e. The molecule has 0 heterocycles. The van der Waals surface area contributed by atoms with E-state index in [1.165, 1.54) is 24.3 Å². The summed E-state index contributed by atoms with van der Waals surface area (Å²) in [6, 6.07) is 5.48. The molecule has 0 atom stereocenters. The van der Waals surface area contributed by atoms with Crippen LogP contribution in [0, 0.1) is 0 Å². The molecule has 18 heavy (non-hydrogen) atoms. The number of aliphatic hydroxyl groups excluding tert-OH is 2. The Labute approximate surface area is 104 Å². The average molecular weight is 256 g/mol. The van der Waals surface area contributed by atoms with Gasteiger partial charge in [0.15, 0.2) is 0 Å². The molecular formula is C12H16O6. The van der Waals surface area contributed by atoms with Gasteiger partial charge < -0.3 is 20.4 Å². The summed E-state index contributed by atoms with van der Waals surface area (Å²) < 4.78 is 0. The fourth-order valence-electron chi connectivity index (χ4n) is 0.856. The Morgan fingerprint density at radius 2 is 1.17 bits per heavy atom. The zero-order chi connectivity index (χ0) is 14.6. The standard InChI is InChI=1S/C8H6O4.C2H6O2.C2H4/c9-7(10)5-3-1-2-4-6(5)8(11)12;3-1-2-4;1-2/h1-4H,(H,9,10)(H,11,12);3-4H,1-2H2;1-2H2. The Balaban J connectivity index is 0. The van der Waals surface area contributed by atoms with Crippen molar-refractivity contribution in [3.8, 4) is 0 Å². The van der Waals surface area contributed by atoms with E-state index in [0.717, 1.165) is 0 Å². The maximum atomic E-state index is 10.5. The summed E-state index contributed by atoms with van der Waals surface area (Å²) in [7, 11) is 0. The Morgan fingerprint density at radius 3 is 1.33 bits per heavy atom. The first-order chi connectivity index (χ1) is 8.54. The smallest absolute Gasteiger partial charge is 0.336 e. The van der Waals surface area contributed by atoms with Crippen LogP contribution in [-0.2, 0) is 0 Å². The van der Waals surface area contributed by atoms with Crippen LogP contribution < -0.4 is 0 Å². The summed E-state index contributed by atoms with van der Waals surface area (Å²) in [6.07, 6.45) is 0. The quantitative estimate of drug-likeness (QED) is 0.596. The van der Waals surface area contributed by atoms with Crippen molar-refractivity contribution < 1.29 is 30.0 Å². The summed E-state index contributed by atoms with van der Waals surface area (Å²) in [5, 5.41) is 32.4. The molecule has 6 nitrogen and oxygen atoms in total. The van der Waals surface area contributed by atoms with Gasteiger partial charge in [0.25, 0.3) is 0 Å². The van der Waals surface area contributed by atoms with E-state index in [9.17, 15) is 9.59 Å². The molecule has 0 saturated carbocycles. The fraction of sp³-hybridized carbons (Fsp3) is 0.167. The van der Waals surface area contributed by atoms with Crippen LogP contribution in [0.5, 0.6) is 0 Å². The van der Waals surface area contributed by atoms with Gasteiger partial charge in [-0.3, -0.25) is 0 Å². The third-order valence-electron chi connectivity index (χ3n) is 1.49. The summed E-state index contributed by atoms with van der Waals surface area (Å²) in [5.41, 5.74) is -0.380. The van der Waals surface area contributed by atoms with Crippen molar-refractivity contribution in [2.24, 2.45) is 0 Å². The van der Waals surface area contributed by atoms with Gasteiger partial charge in [0, 0.05) is 0 Å². The lowest BCUT2D eigenvalue weighted by Gasteiger charge is -1.98. The molecule has 0 saturated heterocycles. The van der Waals surface area contributed by atoms with Crippen LogP contribution in [-0.4, -0.2) is 45.6 Å². The van der Waals surface area contributed by atoms with E-state index in [2.05, 4.69) is 13.2 Å². The lowest BCUT2D eigenvalue weighted by atomic mass is 10.1. The number of carboxylic acids is 2. The maximum Gasteiger partial charge on any atom is 0.336 e. The van der Waals surface area contributed by atoms with Gasteiger partial charge in [0.05, 0.1) is 24.3 Å². The molecule has 100 valence electrons. The van der Waals surface area contributed by atoms with E-state index in [1.807, 2.05) is 0 Å². The molecular weight excluding hydrogens is 240 g/mol. The van der Waals surface area contributed by atoms with E-state index < -0.39 is 11.9 Å². The van der Waals surface area contributed by atoms with Crippen molar-refractivity contribution >= 4 is 11.9 Å². The lowest BCUT2D eigenvalue weighted by Crippen LogP contribution is -2.06. The number of aliphatic hydroxyl groups is 2. The first kappa shape index (κ1) is 18.2. The summed E-state index contributed by atoms with van der Waals surface area (Å²) >= 11 is 0. The molecule has 4 N–H and O–H groups in total. The zero-order valence-electron chi connectivity index (χ0n) is 9.74. The van der Waals surface area contributed by atoms with Gasteiger partial charge in [-0.05, 0) is 12.1 Å². The highest BCUT2D eigenvalue weighted by Gasteiger charge is 2.13. The number of carboxylic acid groups (broad SMARTS) is 2. The van der Waals surface area contributed by atoms with Crippen molar-refractivity contribution in [2.45, 2.75) is 0 Å². The summed E-state index contributed by atoms with van der Waals surface area (Å²) in [4.78, 5) is 20.9. The molecule has 0 bridgehead atoms. The molecule has 0 aliphatic rings. The van der Waals surface area contributed by atoms with Gasteiger partial charge in [-0.1, -0.05) is 12.1 Å². The minimum Gasteiger partial charge on any atom is -0.478 e. The number of hydrogen-bond acceptors (Lipinski definition) is 4. The SMILES string of the molecule is C=C.O=C(O)c1ccccc1C(=O)O.OCCO. The minimum absolute atomic E-state index is 0.125. The highest BCUT2D eigenvalue weighted by Crippen LogP contribution is 2.07. The lowest BCUT2D eigenvalue weighted by molar-refractivity contribution is 0.0651. The maximum absolute atomic E-state index is 10.5. The number of rotatable bonds is 3. The van der Waals surface area contributed by atoms with Crippen molar-refractivity contribution in [1.82, 2.24) is 0 Å². The van der Waals surface area contributed by atoms with Crippen LogP contribution in [0.3, 0.4) is 0 Å². The molecule has 0 spiro atoms. The number of hydrogen-bond donors (Lipinski definition) is 4. The predicted molar refractivity (Wildman–Crippen MR) is 65.8 cm³/mol. The van der Waals surface area contributed by atoms with Gasteiger partial charge in [-0.15, -0.1) is 13.2 Å². The first-order valence-electron chi connectivity index (χ1n) is 4.82. The normalized spacial score (nSPS) is 8.11. The third-order valence-corrected chi connectivity index (χ3v) is 1.49. The number of carbonyl (C=O) groups is 2. The monoisotopic (exact) mass is 256 g/mol. The van der Waals surface area contributed by atoms with E-state index >= 15 is 0 Å². The molecule has 0 unspecified atom stereocenters. The third kappa shape index (κ3) is 7.15. The topological polar surface area (TPSA) is 115 Å². The first-order valence-corrected chi connectivity index (χ1v) is 4.82. The number of aromatic carboxylic acids is 2. The Morgan fingerprint density at radius 1 is 0.889 bits per heavy atom. The van der Waals surface area contributed by atoms with Crippen LogP contribution >= 0.6 is 0 Å². The Kier molecular flexibility index (Phi) is 11.4. The zero-order valence-corrected chi connectivity index (χ0v) is 9.74. The van der Waals surface area contributed by atoms with E-state index in [1.54, 1.807) is 0 Å². The van der Waals surface area contributed by atoms with E-state index in [-0.39, 0.29) is 24.3 Å². The van der Waals surface area contributed by atoms with Crippen LogP contribution in [0.15, 0.2) is 37.4 Å². The van der Waals surface area contributed by atoms with Crippen molar-refractivity contribution in [3.05, 3.63) is 48.6 Å². The van der Waals surface area contributed by atoms with Gasteiger partial charge in [-0.25, -0.2) is 9.59 Å². The van der Waals surface area contributed by atoms with Crippen LogP contribution in [0.2, 0.25) is 0 Å². The number of benzene rings is 1. The highest BCUT2D eigenvalue weighted by atomic mass is 16.4. The van der Waals surface area contributed by atoms with Crippen LogP contribution in [0.1, 0.15) is 20.7 Å². The molecule has 0 radical (unpaired) electrons. The molecule has 0 aromatic heterocycles. The van der Waals surface area contributed by atoms with Gasteiger partial charge in [0.1, 0.15) is 0 Å². The van der Waals surface area contributed by atoms with Gasteiger partial charge in [0.2, 0.25) is 0 Å². The molecule has 0 fully saturated rings. The van der Waals surface area contributed by atoms with Crippen molar-refractivity contribution in [1.29, 1.82) is 0 Å². The van der Waals surface area contributed by atoms with E-state index in [4.69, 9.17) is 20.4 Å². The van der Waals surface area contributed by atoms with Crippen molar-refractivity contribution in [3.63, 3.8) is 0 Å². The molecule has 0 aliphatic heterocycles. The Hall–Kier alpha value is -2.18. The second-order valence-corrected chi connectivity index (χ2v) is 2.60. The second-order valence-electron chi connectivity index (χ2n) is 2.60. The van der Waals surface area contributed by atoms with Gasteiger partial charge in [-0.2, -0.15) is 0 Å². The van der Waals surface area contributed by atoms with E-state index in [0.29, 0.717) is 0 Å². The molecule has 6 heteroatoms. The Bertz CT molecular complexity index is 340. The molecule has 1 aromatic rings. The van der Waals surface area contributed by atoms with Crippen LogP contribution in [0.4, 0.5) is 0 Å². The predicted octanol–water partition coefficient (Wildman–Crippen LogP) is 0.856. The molecule has 1 rings (SSSR count).